The number of aryl methyl sites for hydroxylation is 1. The smallest absolute Gasteiger partial charge is 0.00109 e. The molecular weight excluding hydrogens is 263 g/mol. The average molecular weight is 270 g/mol. The second-order valence-corrected chi connectivity index (χ2v) is 2.36. The predicted molar refractivity (Wildman–Crippen MR) is 39.7 cm³/mol. The van der Waals surface area contributed by atoms with Gasteiger partial charge in [0, 0.05) is 41.8 Å². The molecule has 53 valence electrons. The third-order valence-electron chi connectivity index (χ3n) is 1.52. The Morgan fingerprint density at radius 1 is 1.55 bits per heavy atom. The van der Waals surface area contributed by atoms with E-state index in [-0.39, 0.29) is 35.6 Å². The molecule has 0 saturated carbocycles. The summed E-state index contributed by atoms with van der Waals surface area (Å²) in [5, 5.41) is 7.90. The molecule has 2 aromatic rings. The molecule has 0 aliphatic heterocycles. The van der Waals surface area contributed by atoms with Crippen molar-refractivity contribution in [3.05, 3.63) is 30.0 Å². The molecule has 2 rings (SSSR count). The van der Waals surface area contributed by atoms with E-state index < -0.39 is 0 Å². The Hall–Kier alpha value is -0.115. The van der Waals surface area contributed by atoms with Crippen molar-refractivity contribution in [1.29, 1.82) is 0 Å². The fraction of sp³-hybridized carbons (Fsp3) is 0.125. The number of nitrogens with zero attached hydrogens (tertiary/aromatic N) is 1. The van der Waals surface area contributed by atoms with Gasteiger partial charge in [-0.05, 0) is 5.52 Å². The topological polar surface area (TPSA) is 28.7 Å². The van der Waals surface area contributed by atoms with Crippen LogP contribution in [-0.4, -0.2) is 10.2 Å². The van der Waals surface area contributed by atoms with E-state index in [1.54, 1.807) is 6.20 Å². The number of aromatic nitrogens is 2. The molecule has 1 radical (unpaired) electrons. The van der Waals surface area contributed by atoms with Crippen LogP contribution in [0.25, 0.3) is 10.9 Å². The molecule has 0 aliphatic rings. The fourth-order valence-electron chi connectivity index (χ4n) is 0.986. The molecule has 0 atom stereocenters. The van der Waals surface area contributed by atoms with Gasteiger partial charge in [0.25, 0.3) is 0 Å². The fourth-order valence-corrected chi connectivity index (χ4v) is 0.986. The number of H-pyrrole nitrogens is 1. The van der Waals surface area contributed by atoms with Crippen molar-refractivity contribution in [1.82, 2.24) is 10.2 Å². The van der Waals surface area contributed by atoms with Gasteiger partial charge in [0.1, 0.15) is 0 Å². The van der Waals surface area contributed by atoms with Crippen molar-refractivity contribution >= 4 is 10.9 Å². The van der Waals surface area contributed by atoms with Gasteiger partial charge in [0.05, 0.1) is 0 Å². The molecule has 0 saturated heterocycles. The molecule has 0 amide bonds. The first-order chi connectivity index (χ1) is 4.86. The zero-order valence-corrected chi connectivity index (χ0v) is 9.88. The molecule has 0 fully saturated rings. The first-order valence-electron chi connectivity index (χ1n) is 3.18. The van der Waals surface area contributed by atoms with Crippen molar-refractivity contribution < 1.29 is 35.6 Å². The van der Waals surface area contributed by atoms with Crippen LogP contribution in [0.1, 0.15) is 5.56 Å². The zero-order valence-electron chi connectivity index (χ0n) is 6.26. The van der Waals surface area contributed by atoms with Crippen LogP contribution in [-0.2, 0) is 0 Å². The van der Waals surface area contributed by atoms with Crippen LogP contribution >= 0.6 is 0 Å². The molecule has 0 aliphatic carbocycles. The second-order valence-electron chi connectivity index (χ2n) is 2.36. The average Bonchev–Trinajstić information content (AvgIpc) is 2.33. The third kappa shape index (κ3) is 1.72. The molecule has 11 heavy (non-hydrogen) atoms. The molecule has 0 bridgehead atoms. The van der Waals surface area contributed by atoms with E-state index in [2.05, 4.69) is 16.3 Å². The van der Waals surface area contributed by atoms with Gasteiger partial charge in [-0.1, -0.05) is 12.3 Å². The van der Waals surface area contributed by atoms with E-state index >= 15 is 0 Å². The van der Waals surface area contributed by atoms with Crippen LogP contribution in [0.3, 0.4) is 0 Å². The van der Waals surface area contributed by atoms with Crippen LogP contribution in [0.5, 0.6) is 0 Å². The quantitative estimate of drug-likeness (QED) is 0.725. The van der Waals surface area contributed by atoms with Gasteiger partial charge in [-0.3, -0.25) is 0 Å². The summed E-state index contributed by atoms with van der Waals surface area (Å²) in [5.74, 6) is 0. The molecule has 3 heteroatoms. The summed E-state index contributed by atoms with van der Waals surface area (Å²) in [4.78, 5) is 0. The minimum absolute atomic E-state index is 0. The summed E-state index contributed by atoms with van der Waals surface area (Å²) >= 11 is 0. The monoisotopic (exact) mass is 270 g/mol. The van der Waals surface area contributed by atoms with Gasteiger partial charge in [-0.2, -0.15) is 22.8 Å². The van der Waals surface area contributed by atoms with E-state index in [4.69, 9.17) is 0 Å². The van der Waals surface area contributed by atoms with Crippen LogP contribution < -0.4 is 0 Å². The number of benzene rings is 1. The summed E-state index contributed by atoms with van der Waals surface area (Å²) in [5.41, 5.74) is 2.22. The summed E-state index contributed by atoms with van der Waals surface area (Å²) in [7, 11) is 0. The standard InChI is InChI=1S/C8H7N2.La/c1-6-2-3-7-5-9-10-8(7)4-6;/h3-5H,1H3,(H,9,10);/q-1;. The van der Waals surface area contributed by atoms with Crippen molar-refractivity contribution in [3.63, 3.8) is 0 Å². The molecule has 0 unspecified atom stereocenters. The SMILES string of the molecule is Cc1[c-]cc2cn[nH]c2c1.[La]. The van der Waals surface area contributed by atoms with Gasteiger partial charge in [-0.15, -0.1) is 6.07 Å². The zero-order chi connectivity index (χ0) is 6.97. The summed E-state index contributed by atoms with van der Waals surface area (Å²) in [6.07, 6.45) is 1.80. The van der Waals surface area contributed by atoms with Gasteiger partial charge in [-0.25, -0.2) is 0 Å². The van der Waals surface area contributed by atoms with Crippen LogP contribution in [0.2, 0.25) is 0 Å². The Balaban J connectivity index is 0.000000605. The minimum atomic E-state index is 0. The summed E-state index contributed by atoms with van der Waals surface area (Å²) < 4.78 is 0. The Morgan fingerprint density at radius 2 is 2.36 bits per heavy atom. The van der Waals surface area contributed by atoms with E-state index in [1.807, 2.05) is 19.1 Å². The molecule has 1 N–H and O–H groups in total. The Bertz CT molecular complexity index is 354. The van der Waals surface area contributed by atoms with E-state index in [1.165, 1.54) is 0 Å². The van der Waals surface area contributed by atoms with Crippen molar-refractivity contribution in [2.24, 2.45) is 0 Å². The maximum Gasteiger partial charge on any atom is 0.00109 e. The van der Waals surface area contributed by atoms with Gasteiger partial charge >= 0.3 is 0 Å². The van der Waals surface area contributed by atoms with Crippen LogP contribution in [0, 0.1) is 48.6 Å². The van der Waals surface area contributed by atoms with E-state index in [9.17, 15) is 0 Å². The minimum Gasteiger partial charge on any atom is -0.303 e. The molecule has 1 aromatic carbocycles. The Kier molecular flexibility index (Phi) is 2.87. The molecular formula is C8H7LaN2-. The maximum absolute atomic E-state index is 3.90. The predicted octanol–water partition coefficient (Wildman–Crippen LogP) is 1.67. The number of rotatable bonds is 0. The van der Waals surface area contributed by atoms with E-state index in [0.717, 1.165) is 16.5 Å². The first-order valence-corrected chi connectivity index (χ1v) is 3.18. The third-order valence-corrected chi connectivity index (χ3v) is 1.52. The first kappa shape index (κ1) is 8.98. The van der Waals surface area contributed by atoms with Crippen molar-refractivity contribution in [2.75, 3.05) is 0 Å². The van der Waals surface area contributed by atoms with Gasteiger partial charge in [0.15, 0.2) is 0 Å². The summed E-state index contributed by atoms with van der Waals surface area (Å²) in [6, 6.07) is 7.07. The Labute approximate surface area is 93.0 Å². The number of hydrogen-bond acceptors (Lipinski definition) is 1. The number of nitrogens with one attached hydrogen (secondary N) is 1. The summed E-state index contributed by atoms with van der Waals surface area (Å²) in [6.45, 7) is 2.01. The van der Waals surface area contributed by atoms with Crippen molar-refractivity contribution in [2.45, 2.75) is 6.92 Å². The van der Waals surface area contributed by atoms with Gasteiger partial charge < -0.3 is 5.10 Å². The largest absolute Gasteiger partial charge is 0.303 e. The maximum atomic E-state index is 3.90. The molecule has 2 nitrogen and oxygen atoms in total. The number of aromatic amines is 1. The van der Waals surface area contributed by atoms with E-state index in [0.29, 0.717) is 0 Å². The normalized spacial score (nSPS) is 9.55. The molecule has 0 spiro atoms. The number of hydrogen-bond donors (Lipinski definition) is 1. The van der Waals surface area contributed by atoms with Crippen LogP contribution in [0.4, 0.5) is 0 Å². The van der Waals surface area contributed by atoms with Crippen molar-refractivity contribution in [3.8, 4) is 0 Å². The molecule has 1 heterocycles. The van der Waals surface area contributed by atoms with Gasteiger partial charge in [0.2, 0.25) is 0 Å². The number of fused-ring (bicyclic) bond motifs is 1. The van der Waals surface area contributed by atoms with Crippen LogP contribution in [0.15, 0.2) is 18.3 Å². The molecule has 1 aromatic heterocycles. The second kappa shape index (κ2) is 3.52. The Morgan fingerprint density at radius 3 is 3.18 bits per heavy atom.